The van der Waals surface area contributed by atoms with Crippen molar-refractivity contribution in [3.05, 3.63) is 71.7 Å². The highest BCUT2D eigenvalue weighted by Crippen LogP contribution is 2.21. The van der Waals surface area contributed by atoms with Crippen LogP contribution in [-0.4, -0.2) is 71.6 Å². The topological polar surface area (TPSA) is 193 Å². The fraction of sp³-hybridized carbons (Fsp3) is 0.400. The number of primary amides is 1. The van der Waals surface area contributed by atoms with Crippen molar-refractivity contribution in [3.63, 3.8) is 0 Å². The number of carbonyl (C=O) groups is 6. The molecule has 1 aromatic heterocycles. The molecule has 1 aromatic carbocycles. The summed E-state index contributed by atoms with van der Waals surface area (Å²) in [5.41, 5.74) is 6.78. The fourth-order valence-electron chi connectivity index (χ4n) is 5.20. The standard InChI is InChI=1S/C30H36N6O7/c31-29(41)23-11-12-32-25(37)9-10-28(40)36-13-3-7-21(36)16-27(39)35-24(17-22-8-4-14-43-22)30(42)33-18-20-6-2-1-5-19(20)15-26(38)34-23/h1-2,4-6,8-10,14,21,23-24H,3,7,11-13,15-18H2,(H2,31,41)(H,32,37)(H,33,42)(H,34,38)(H,35,39)/b10-9+/t21-,23-,24-/m0/s1. The van der Waals surface area contributed by atoms with Crippen molar-refractivity contribution in [3.8, 4) is 0 Å². The second-order valence-electron chi connectivity index (χ2n) is 10.5. The minimum atomic E-state index is -1.03. The Labute approximate surface area is 248 Å². The van der Waals surface area contributed by atoms with Gasteiger partial charge in [0.1, 0.15) is 17.8 Å². The van der Waals surface area contributed by atoms with Crippen LogP contribution in [0.25, 0.3) is 0 Å². The lowest BCUT2D eigenvalue weighted by Gasteiger charge is -2.24. The Kier molecular flexibility index (Phi) is 10.7. The summed E-state index contributed by atoms with van der Waals surface area (Å²) in [4.78, 5) is 77.9. The van der Waals surface area contributed by atoms with E-state index in [2.05, 4.69) is 21.3 Å². The number of fused-ring (bicyclic) bond motifs is 2. The predicted molar refractivity (Wildman–Crippen MR) is 154 cm³/mol. The zero-order valence-electron chi connectivity index (χ0n) is 23.7. The number of rotatable bonds is 3. The smallest absolute Gasteiger partial charge is 0.247 e. The van der Waals surface area contributed by atoms with E-state index in [1.165, 1.54) is 11.2 Å². The summed E-state index contributed by atoms with van der Waals surface area (Å²) in [5, 5.41) is 10.8. The molecule has 13 nitrogen and oxygen atoms in total. The van der Waals surface area contributed by atoms with Crippen molar-refractivity contribution in [1.82, 2.24) is 26.2 Å². The Morgan fingerprint density at radius 1 is 0.930 bits per heavy atom. The first-order chi connectivity index (χ1) is 20.7. The third-order valence-corrected chi connectivity index (χ3v) is 7.43. The average molecular weight is 593 g/mol. The highest BCUT2D eigenvalue weighted by molar-refractivity contribution is 5.97. The van der Waals surface area contributed by atoms with Gasteiger partial charge in [0.05, 0.1) is 12.7 Å². The number of carbonyl (C=O) groups excluding carboxylic acids is 6. The molecule has 4 rings (SSSR count). The molecule has 0 radical (unpaired) electrons. The number of nitrogens with two attached hydrogens (primary N) is 1. The van der Waals surface area contributed by atoms with Crippen LogP contribution in [0.15, 0.2) is 59.2 Å². The first kappa shape index (κ1) is 31.0. The van der Waals surface area contributed by atoms with Gasteiger partial charge < -0.3 is 36.3 Å². The molecule has 1 fully saturated rings. The third kappa shape index (κ3) is 9.02. The van der Waals surface area contributed by atoms with Gasteiger partial charge in [0.25, 0.3) is 0 Å². The monoisotopic (exact) mass is 592 g/mol. The Balaban J connectivity index is 1.56. The number of nitrogens with one attached hydrogen (secondary N) is 4. The Bertz CT molecular complexity index is 1370. The summed E-state index contributed by atoms with van der Waals surface area (Å²) in [7, 11) is 0. The number of hydrogen-bond acceptors (Lipinski definition) is 7. The van der Waals surface area contributed by atoms with Crippen molar-refractivity contribution < 1.29 is 33.2 Å². The van der Waals surface area contributed by atoms with E-state index < -0.39 is 53.6 Å². The van der Waals surface area contributed by atoms with Gasteiger partial charge in [0.15, 0.2) is 0 Å². The summed E-state index contributed by atoms with van der Waals surface area (Å²) in [6.45, 7) is 0.535. The predicted octanol–water partition coefficient (Wildman–Crippen LogP) is -0.407. The molecule has 0 saturated carbocycles. The lowest BCUT2D eigenvalue weighted by Crippen LogP contribution is -2.49. The maximum atomic E-state index is 13.3. The molecule has 0 aliphatic carbocycles. The molecule has 43 heavy (non-hydrogen) atoms. The van der Waals surface area contributed by atoms with Crippen LogP contribution >= 0.6 is 0 Å². The highest BCUT2D eigenvalue weighted by atomic mass is 16.3. The molecular weight excluding hydrogens is 556 g/mol. The SMILES string of the molecule is NC(=O)[C@@H]1CCNC(=O)/C=C/C(=O)N2CCC[C@H]2CC(=O)N[C@@H](Cc2ccco2)C(=O)NCc2ccccc2CC(=O)N1. The van der Waals surface area contributed by atoms with Crippen LogP contribution in [0.1, 0.15) is 42.6 Å². The van der Waals surface area contributed by atoms with E-state index >= 15 is 0 Å². The molecule has 0 unspecified atom stereocenters. The van der Waals surface area contributed by atoms with E-state index in [1.807, 2.05) is 0 Å². The fourth-order valence-corrected chi connectivity index (χ4v) is 5.20. The van der Waals surface area contributed by atoms with E-state index in [0.29, 0.717) is 36.3 Å². The molecule has 228 valence electrons. The zero-order valence-corrected chi connectivity index (χ0v) is 23.7. The van der Waals surface area contributed by atoms with E-state index in [4.69, 9.17) is 10.2 Å². The maximum Gasteiger partial charge on any atom is 0.247 e. The van der Waals surface area contributed by atoms with Crippen molar-refractivity contribution in [1.29, 1.82) is 0 Å². The van der Waals surface area contributed by atoms with Crippen LogP contribution in [0.5, 0.6) is 0 Å². The highest BCUT2D eigenvalue weighted by Gasteiger charge is 2.31. The summed E-state index contributed by atoms with van der Waals surface area (Å²) >= 11 is 0. The first-order valence-corrected chi connectivity index (χ1v) is 14.2. The molecule has 3 heterocycles. The van der Waals surface area contributed by atoms with Gasteiger partial charge in [-0.1, -0.05) is 24.3 Å². The van der Waals surface area contributed by atoms with E-state index in [1.54, 1.807) is 36.4 Å². The van der Waals surface area contributed by atoms with E-state index in [0.717, 1.165) is 12.2 Å². The Morgan fingerprint density at radius 3 is 2.47 bits per heavy atom. The summed E-state index contributed by atoms with van der Waals surface area (Å²) in [5.74, 6) is -2.55. The van der Waals surface area contributed by atoms with E-state index in [9.17, 15) is 28.8 Å². The summed E-state index contributed by atoms with van der Waals surface area (Å²) in [6, 6.07) is 8.04. The van der Waals surface area contributed by atoms with E-state index in [-0.39, 0.29) is 38.8 Å². The van der Waals surface area contributed by atoms with Crippen LogP contribution in [0.4, 0.5) is 0 Å². The van der Waals surface area contributed by atoms with Crippen molar-refractivity contribution in [2.24, 2.45) is 5.73 Å². The van der Waals surface area contributed by atoms with Gasteiger partial charge in [-0.2, -0.15) is 0 Å². The van der Waals surface area contributed by atoms with Gasteiger partial charge in [-0.05, 0) is 42.5 Å². The number of amides is 6. The van der Waals surface area contributed by atoms with Crippen LogP contribution in [0.2, 0.25) is 0 Å². The second-order valence-corrected chi connectivity index (χ2v) is 10.5. The van der Waals surface area contributed by atoms with Gasteiger partial charge in [0.2, 0.25) is 35.4 Å². The van der Waals surface area contributed by atoms with Gasteiger partial charge in [0, 0.05) is 50.7 Å². The molecular formula is C30H36N6O7. The molecule has 13 heteroatoms. The molecule has 2 aliphatic rings. The normalized spacial score (nSPS) is 23.8. The molecule has 1 saturated heterocycles. The average Bonchev–Trinajstić information content (AvgIpc) is 3.66. The summed E-state index contributed by atoms with van der Waals surface area (Å²) in [6.07, 6.45) is 5.05. The Morgan fingerprint density at radius 2 is 1.72 bits per heavy atom. The zero-order chi connectivity index (χ0) is 30.8. The van der Waals surface area contributed by atoms with Crippen LogP contribution in [0, 0.1) is 0 Å². The molecule has 3 atom stereocenters. The number of nitrogens with zero attached hydrogens (tertiary/aromatic N) is 1. The molecule has 2 aliphatic heterocycles. The molecule has 6 N–H and O–H groups in total. The quantitative estimate of drug-likeness (QED) is 0.320. The molecule has 0 bridgehead atoms. The maximum absolute atomic E-state index is 13.3. The van der Waals surface area contributed by atoms with Gasteiger partial charge >= 0.3 is 0 Å². The van der Waals surface area contributed by atoms with Gasteiger partial charge in [-0.25, -0.2) is 0 Å². The third-order valence-electron chi connectivity index (χ3n) is 7.43. The largest absolute Gasteiger partial charge is 0.469 e. The minimum absolute atomic E-state index is 0.0137. The molecule has 6 amide bonds. The second kappa shape index (κ2) is 14.8. The van der Waals surface area contributed by atoms with Crippen LogP contribution < -0.4 is 27.0 Å². The van der Waals surface area contributed by atoms with Crippen molar-refractivity contribution >= 4 is 35.4 Å². The number of benzene rings is 1. The number of hydrogen-bond donors (Lipinski definition) is 5. The minimum Gasteiger partial charge on any atom is -0.469 e. The van der Waals surface area contributed by atoms with Gasteiger partial charge in [-0.15, -0.1) is 0 Å². The van der Waals surface area contributed by atoms with Crippen molar-refractivity contribution in [2.45, 2.75) is 63.2 Å². The molecule has 0 spiro atoms. The number of furan rings is 1. The van der Waals surface area contributed by atoms with Gasteiger partial charge in [-0.3, -0.25) is 28.8 Å². The lowest BCUT2D eigenvalue weighted by atomic mass is 10.0. The molecule has 2 aromatic rings. The van der Waals surface area contributed by atoms with Crippen LogP contribution in [0.3, 0.4) is 0 Å². The lowest BCUT2D eigenvalue weighted by molar-refractivity contribution is -0.131. The first-order valence-electron chi connectivity index (χ1n) is 14.2. The van der Waals surface area contributed by atoms with Crippen LogP contribution in [-0.2, 0) is 48.2 Å². The van der Waals surface area contributed by atoms with Crippen molar-refractivity contribution in [2.75, 3.05) is 13.1 Å². The summed E-state index contributed by atoms with van der Waals surface area (Å²) < 4.78 is 5.41. The Hall–Kier alpha value is -4.94.